The number of ether oxygens (including phenoxy) is 1. The Morgan fingerprint density at radius 2 is 2.20 bits per heavy atom. The van der Waals surface area contributed by atoms with Gasteiger partial charge in [-0.25, -0.2) is 0 Å². The van der Waals surface area contributed by atoms with Crippen molar-refractivity contribution < 1.29 is 14.3 Å². The summed E-state index contributed by atoms with van der Waals surface area (Å²) in [4.78, 5) is 24.1. The predicted molar refractivity (Wildman–Crippen MR) is 55.2 cm³/mol. The molecule has 1 fully saturated rings. The van der Waals surface area contributed by atoms with E-state index in [0.29, 0.717) is 12.8 Å². The maximum absolute atomic E-state index is 12.3. The summed E-state index contributed by atoms with van der Waals surface area (Å²) in [7, 11) is 1.36. The summed E-state index contributed by atoms with van der Waals surface area (Å²) in [6.07, 6.45) is 6.82. The summed E-state index contributed by atoms with van der Waals surface area (Å²) >= 11 is 0. The van der Waals surface area contributed by atoms with Crippen LogP contribution in [0.25, 0.3) is 0 Å². The van der Waals surface area contributed by atoms with Gasteiger partial charge in [-0.05, 0) is 26.2 Å². The highest BCUT2D eigenvalue weighted by atomic mass is 16.5. The largest absolute Gasteiger partial charge is 0.468 e. The molecule has 0 N–H and O–H groups in total. The maximum atomic E-state index is 12.3. The molecule has 0 spiro atoms. The van der Waals surface area contributed by atoms with Crippen molar-refractivity contribution in [3.8, 4) is 0 Å². The van der Waals surface area contributed by atoms with Crippen molar-refractivity contribution in [2.24, 2.45) is 10.8 Å². The number of fused-ring (bicyclic) bond motifs is 2. The number of hydrogen-bond donors (Lipinski definition) is 0. The normalized spacial score (nSPS) is 38.9. The van der Waals surface area contributed by atoms with Crippen molar-refractivity contribution in [2.75, 3.05) is 7.11 Å². The monoisotopic (exact) mass is 208 g/mol. The third-order valence-electron chi connectivity index (χ3n) is 3.78. The lowest BCUT2D eigenvalue weighted by atomic mass is 9.57. The van der Waals surface area contributed by atoms with E-state index in [0.717, 1.165) is 12.8 Å². The molecule has 0 aliphatic heterocycles. The Kier molecular flexibility index (Phi) is 2.21. The zero-order valence-corrected chi connectivity index (χ0v) is 9.21. The second kappa shape index (κ2) is 3.19. The van der Waals surface area contributed by atoms with E-state index in [1.807, 2.05) is 19.1 Å². The summed E-state index contributed by atoms with van der Waals surface area (Å²) in [5.74, 6) is -0.307. The lowest BCUT2D eigenvalue weighted by Crippen LogP contribution is -2.52. The van der Waals surface area contributed by atoms with Gasteiger partial charge in [-0.2, -0.15) is 0 Å². The van der Waals surface area contributed by atoms with Crippen LogP contribution in [-0.2, 0) is 14.3 Å². The summed E-state index contributed by atoms with van der Waals surface area (Å²) in [5, 5.41) is 0. The zero-order valence-electron chi connectivity index (χ0n) is 9.21. The molecule has 2 aliphatic carbocycles. The van der Waals surface area contributed by atoms with Gasteiger partial charge in [-0.15, -0.1) is 0 Å². The van der Waals surface area contributed by atoms with Gasteiger partial charge in [-0.1, -0.05) is 18.6 Å². The number of ketones is 1. The van der Waals surface area contributed by atoms with E-state index in [1.165, 1.54) is 7.11 Å². The average Bonchev–Trinajstić information content (AvgIpc) is 2.20. The standard InChI is InChI=1S/C12H16O3/c1-11-5-3-7-12(9(11)13,8-4-6-11)10(14)15-2/h3,5H,4,6-8H2,1-2H3. The first kappa shape index (κ1) is 10.4. The van der Waals surface area contributed by atoms with Crippen molar-refractivity contribution in [3.05, 3.63) is 12.2 Å². The van der Waals surface area contributed by atoms with Gasteiger partial charge < -0.3 is 4.74 Å². The molecule has 0 radical (unpaired) electrons. The lowest BCUT2D eigenvalue weighted by molar-refractivity contribution is -0.164. The van der Waals surface area contributed by atoms with Crippen molar-refractivity contribution in [2.45, 2.75) is 32.6 Å². The molecule has 0 aromatic carbocycles. The molecule has 15 heavy (non-hydrogen) atoms. The van der Waals surface area contributed by atoms with Crippen LogP contribution in [0.5, 0.6) is 0 Å². The first-order chi connectivity index (χ1) is 7.05. The fraction of sp³-hybridized carbons (Fsp3) is 0.667. The number of allylic oxidation sites excluding steroid dienone is 2. The highest BCUT2D eigenvalue weighted by Gasteiger charge is 2.56. The minimum absolute atomic E-state index is 0.0515. The second-order valence-corrected chi connectivity index (χ2v) is 4.78. The average molecular weight is 208 g/mol. The van der Waals surface area contributed by atoms with Gasteiger partial charge in [0.25, 0.3) is 0 Å². The summed E-state index contributed by atoms with van der Waals surface area (Å²) in [5.41, 5.74) is -1.32. The molecule has 2 atom stereocenters. The Hall–Kier alpha value is -1.12. The topological polar surface area (TPSA) is 43.4 Å². The molecule has 0 aromatic rings. The second-order valence-electron chi connectivity index (χ2n) is 4.78. The van der Waals surface area contributed by atoms with Crippen molar-refractivity contribution >= 4 is 11.8 Å². The zero-order chi connectivity index (χ0) is 11.1. The highest BCUT2D eigenvalue weighted by Crippen LogP contribution is 2.49. The molecule has 0 heterocycles. The molecule has 0 saturated heterocycles. The first-order valence-electron chi connectivity index (χ1n) is 5.36. The van der Waals surface area contributed by atoms with Crippen LogP contribution in [0, 0.1) is 10.8 Å². The van der Waals surface area contributed by atoms with E-state index in [9.17, 15) is 9.59 Å². The first-order valence-corrected chi connectivity index (χ1v) is 5.36. The van der Waals surface area contributed by atoms with Gasteiger partial charge in [-0.3, -0.25) is 9.59 Å². The Morgan fingerprint density at radius 3 is 2.87 bits per heavy atom. The smallest absolute Gasteiger partial charge is 0.319 e. The molecule has 2 bridgehead atoms. The number of methoxy groups -OCH3 is 1. The number of rotatable bonds is 1. The molecule has 0 amide bonds. The Morgan fingerprint density at radius 1 is 1.47 bits per heavy atom. The summed E-state index contributed by atoms with van der Waals surface area (Å²) in [6.45, 7) is 1.92. The molecule has 3 nitrogen and oxygen atoms in total. The minimum atomic E-state index is -0.878. The molecule has 2 rings (SSSR count). The van der Waals surface area contributed by atoms with E-state index in [1.54, 1.807) is 0 Å². The summed E-state index contributed by atoms with van der Waals surface area (Å²) < 4.78 is 4.79. The van der Waals surface area contributed by atoms with Crippen LogP contribution in [0.4, 0.5) is 0 Å². The molecule has 0 aromatic heterocycles. The minimum Gasteiger partial charge on any atom is -0.468 e. The predicted octanol–water partition coefficient (Wildman–Crippen LogP) is 1.86. The van der Waals surface area contributed by atoms with Gasteiger partial charge >= 0.3 is 5.97 Å². The van der Waals surface area contributed by atoms with Gasteiger partial charge in [0.1, 0.15) is 5.41 Å². The number of Topliss-reactive ketones (excluding diaryl/α,β-unsaturated/α-hetero) is 1. The van der Waals surface area contributed by atoms with E-state index in [2.05, 4.69) is 0 Å². The van der Waals surface area contributed by atoms with Crippen LogP contribution in [0.3, 0.4) is 0 Å². The van der Waals surface area contributed by atoms with E-state index >= 15 is 0 Å². The van der Waals surface area contributed by atoms with Crippen molar-refractivity contribution in [3.63, 3.8) is 0 Å². The van der Waals surface area contributed by atoms with Crippen molar-refractivity contribution in [1.82, 2.24) is 0 Å². The Balaban J connectivity index is 2.45. The van der Waals surface area contributed by atoms with Gasteiger partial charge in [0.05, 0.1) is 7.11 Å². The van der Waals surface area contributed by atoms with Crippen molar-refractivity contribution in [1.29, 1.82) is 0 Å². The number of esters is 1. The van der Waals surface area contributed by atoms with Crippen LogP contribution in [0.15, 0.2) is 12.2 Å². The third-order valence-corrected chi connectivity index (χ3v) is 3.78. The number of hydrogen-bond acceptors (Lipinski definition) is 3. The molecule has 2 aliphatic rings. The molecule has 82 valence electrons. The van der Waals surface area contributed by atoms with Gasteiger partial charge in [0.2, 0.25) is 0 Å². The fourth-order valence-corrected chi connectivity index (χ4v) is 2.88. The van der Waals surface area contributed by atoms with Crippen LogP contribution in [0.1, 0.15) is 32.6 Å². The SMILES string of the molecule is COC(=O)C12CC=CC(C)(CCC1)C2=O. The molecule has 1 saturated carbocycles. The Labute approximate surface area is 89.5 Å². The fourth-order valence-electron chi connectivity index (χ4n) is 2.88. The quantitative estimate of drug-likeness (QED) is 0.375. The van der Waals surface area contributed by atoms with Crippen LogP contribution < -0.4 is 0 Å². The van der Waals surface area contributed by atoms with E-state index < -0.39 is 10.8 Å². The maximum Gasteiger partial charge on any atom is 0.319 e. The lowest BCUT2D eigenvalue weighted by Gasteiger charge is -2.44. The number of carbonyl (C=O) groups excluding carboxylic acids is 2. The Bertz CT molecular complexity index is 345. The van der Waals surface area contributed by atoms with Gasteiger partial charge in [0, 0.05) is 5.41 Å². The summed E-state index contributed by atoms with van der Waals surface area (Å²) in [6, 6.07) is 0. The van der Waals surface area contributed by atoms with Gasteiger partial charge in [0.15, 0.2) is 5.78 Å². The highest BCUT2D eigenvalue weighted by molar-refractivity contribution is 6.08. The molecular formula is C12H16O3. The third kappa shape index (κ3) is 1.25. The molecule has 2 unspecified atom stereocenters. The van der Waals surface area contributed by atoms with Crippen LogP contribution in [0.2, 0.25) is 0 Å². The van der Waals surface area contributed by atoms with Crippen LogP contribution >= 0.6 is 0 Å². The van der Waals surface area contributed by atoms with E-state index in [-0.39, 0.29) is 11.8 Å². The molecule has 3 heteroatoms. The van der Waals surface area contributed by atoms with E-state index in [4.69, 9.17) is 4.74 Å². The number of carbonyl (C=O) groups is 2. The molecular weight excluding hydrogens is 192 g/mol. The van der Waals surface area contributed by atoms with Crippen LogP contribution in [-0.4, -0.2) is 18.9 Å².